The van der Waals surface area contributed by atoms with Crippen molar-refractivity contribution in [1.82, 2.24) is 9.88 Å². The van der Waals surface area contributed by atoms with Gasteiger partial charge in [-0.3, -0.25) is 4.90 Å². The second kappa shape index (κ2) is 6.60. The van der Waals surface area contributed by atoms with E-state index in [0.717, 1.165) is 18.5 Å². The lowest BCUT2D eigenvalue weighted by Gasteiger charge is -2.50. The van der Waals surface area contributed by atoms with Crippen molar-refractivity contribution < 1.29 is 5.11 Å². The number of aliphatic hydroxyl groups excluding tert-OH is 1. The molecule has 3 rings (SSSR count). The monoisotopic (exact) mass is 322 g/mol. The first-order valence-corrected chi connectivity index (χ1v) is 8.10. The molecule has 1 aliphatic heterocycles. The van der Waals surface area contributed by atoms with Crippen molar-refractivity contribution in [3.8, 4) is 6.07 Å². The Kier molecular flexibility index (Phi) is 4.52. The van der Waals surface area contributed by atoms with E-state index in [2.05, 4.69) is 28.1 Å². The van der Waals surface area contributed by atoms with Crippen molar-refractivity contribution >= 4 is 5.82 Å². The second-order valence-electron chi connectivity index (χ2n) is 6.38. The number of anilines is 1. The van der Waals surface area contributed by atoms with Gasteiger partial charge in [-0.2, -0.15) is 5.26 Å². The number of rotatable bonds is 3. The minimum absolute atomic E-state index is 0.431. The molecular formula is C19H22N4O. The number of hydrogen-bond acceptors (Lipinski definition) is 5. The smallest absolute Gasteiger partial charge is 0.146 e. The SMILES string of the molecule is CN(C)[C@]1(c2ccccc2)CCN(c2ncccc2C#N)C[C@H]1O. The average Bonchev–Trinajstić information content (AvgIpc) is 2.62. The molecule has 1 aliphatic rings. The van der Waals surface area contributed by atoms with Gasteiger partial charge in [0.1, 0.15) is 11.9 Å². The summed E-state index contributed by atoms with van der Waals surface area (Å²) >= 11 is 0. The molecule has 24 heavy (non-hydrogen) atoms. The molecule has 124 valence electrons. The van der Waals surface area contributed by atoms with Gasteiger partial charge in [-0.15, -0.1) is 0 Å². The summed E-state index contributed by atoms with van der Waals surface area (Å²) in [7, 11) is 4.01. The number of likely N-dealkylation sites (N-methyl/N-ethyl adjacent to an activating group) is 1. The van der Waals surface area contributed by atoms with Crippen LogP contribution in [0.3, 0.4) is 0 Å². The van der Waals surface area contributed by atoms with Crippen LogP contribution in [0.25, 0.3) is 0 Å². The molecular weight excluding hydrogens is 300 g/mol. The minimum Gasteiger partial charge on any atom is -0.389 e. The molecule has 2 atom stereocenters. The maximum Gasteiger partial charge on any atom is 0.146 e. The van der Waals surface area contributed by atoms with Gasteiger partial charge in [-0.25, -0.2) is 4.98 Å². The number of nitriles is 1. The summed E-state index contributed by atoms with van der Waals surface area (Å²) in [6.45, 7) is 1.18. The predicted molar refractivity (Wildman–Crippen MR) is 93.6 cm³/mol. The summed E-state index contributed by atoms with van der Waals surface area (Å²) in [6.07, 6.45) is 1.86. The van der Waals surface area contributed by atoms with E-state index >= 15 is 0 Å². The number of β-amino-alcohol motifs (C(OH)–C–C–N with tert-alkyl or cyclic N) is 1. The summed E-state index contributed by atoms with van der Waals surface area (Å²) in [5, 5.41) is 20.3. The molecule has 0 spiro atoms. The number of pyridine rings is 1. The number of nitrogens with zero attached hydrogens (tertiary/aromatic N) is 4. The number of piperidine rings is 1. The quantitative estimate of drug-likeness (QED) is 0.936. The van der Waals surface area contributed by atoms with Gasteiger partial charge in [0.15, 0.2) is 0 Å². The lowest BCUT2D eigenvalue weighted by molar-refractivity contribution is -0.0246. The summed E-state index contributed by atoms with van der Waals surface area (Å²) in [6, 6.07) is 15.9. The van der Waals surface area contributed by atoms with Gasteiger partial charge in [0.2, 0.25) is 0 Å². The first-order valence-electron chi connectivity index (χ1n) is 8.10. The molecule has 5 heteroatoms. The Labute approximate surface area is 142 Å². The van der Waals surface area contributed by atoms with Gasteiger partial charge < -0.3 is 10.0 Å². The van der Waals surface area contributed by atoms with Crippen molar-refractivity contribution in [2.45, 2.75) is 18.1 Å². The summed E-state index contributed by atoms with van der Waals surface area (Å²) in [5.41, 5.74) is 1.23. The molecule has 2 heterocycles. The van der Waals surface area contributed by atoms with Gasteiger partial charge in [-0.1, -0.05) is 30.3 Å². The zero-order valence-corrected chi connectivity index (χ0v) is 14.1. The summed E-state index contributed by atoms with van der Waals surface area (Å²) < 4.78 is 0. The van der Waals surface area contributed by atoms with E-state index in [1.54, 1.807) is 18.3 Å². The Morgan fingerprint density at radius 3 is 2.62 bits per heavy atom. The normalized spacial score (nSPS) is 24.0. The molecule has 0 radical (unpaired) electrons. The molecule has 0 unspecified atom stereocenters. The van der Waals surface area contributed by atoms with Gasteiger partial charge >= 0.3 is 0 Å². The molecule has 0 bridgehead atoms. The largest absolute Gasteiger partial charge is 0.389 e. The van der Waals surface area contributed by atoms with Crippen molar-refractivity contribution in [2.24, 2.45) is 0 Å². The third-order valence-corrected chi connectivity index (χ3v) is 4.99. The van der Waals surface area contributed by atoms with Crippen molar-refractivity contribution in [2.75, 3.05) is 32.1 Å². The fourth-order valence-corrected chi connectivity index (χ4v) is 3.70. The highest BCUT2D eigenvalue weighted by Crippen LogP contribution is 2.38. The van der Waals surface area contributed by atoms with E-state index in [1.165, 1.54) is 0 Å². The number of aliphatic hydroxyl groups is 1. The third kappa shape index (κ3) is 2.64. The van der Waals surface area contributed by atoms with Crippen LogP contribution >= 0.6 is 0 Å². The molecule has 1 aromatic carbocycles. The lowest BCUT2D eigenvalue weighted by Crippen LogP contribution is -2.60. The molecule has 0 amide bonds. The number of hydrogen-bond donors (Lipinski definition) is 1. The molecule has 1 aromatic heterocycles. The zero-order valence-electron chi connectivity index (χ0n) is 14.1. The van der Waals surface area contributed by atoms with E-state index < -0.39 is 11.6 Å². The van der Waals surface area contributed by atoms with Crippen LogP contribution in [0.1, 0.15) is 17.5 Å². The van der Waals surface area contributed by atoms with Crippen LogP contribution in [-0.2, 0) is 5.54 Å². The fraction of sp³-hybridized carbons (Fsp3) is 0.368. The highest BCUT2D eigenvalue weighted by molar-refractivity contribution is 5.54. The van der Waals surface area contributed by atoms with Crippen LogP contribution in [0.15, 0.2) is 48.7 Å². The average molecular weight is 322 g/mol. The highest BCUT2D eigenvalue weighted by atomic mass is 16.3. The van der Waals surface area contributed by atoms with E-state index in [0.29, 0.717) is 17.9 Å². The van der Waals surface area contributed by atoms with Crippen molar-refractivity contribution in [1.29, 1.82) is 5.26 Å². The van der Waals surface area contributed by atoms with E-state index in [1.807, 2.05) is 37.2 Å². The fourth-order valence-electron chi connectivity index (χ4n) is 3.70. The van der Waals surface area contributed by atoms with Crippen LogP contribution in [0.2, 0.25) is 0 Å². The topological polar surface area (TPSA) is 63.4 Å². The Balaban J connectivity index is 1.93. The molecule has 1 fully saturated rings. The summed E-state index contributed by atoms with van der Waals surface area (Å²) in [5.74, 6) is 0.652. The Bertz CT molecular complexity index is 741. The maximum absolute atomic E-state index is 11.0. The first-order chi connectivity index (χ1) is 11.6. The first kappa shape index (κ1) is 16.4. The van der Waals surface area contributed by atoms with E-state index in [4.69, 9.17) is 0 Å². The number of benzene rings is 1. The zero-order chi connectivity index (χ0) is 17.2. The van der Waals surface area contributed by atoms with Crippen molar-refractivity contribution in [3.63, 3.8) is 0 Å². The standard InChI is InChI=1S/C19H22N4O/c1-22(2)19(16-8-4-3-5-9-16)10-12-23(14-17(19)24)18-15(13-20)7-6-11-21-18/h3-9,11,17,24H,10,12,14H2,1-2H3/t17-,19+/m1/s1. The maximum atomic E-state index is 11.0. The molecule has 5 nitrogen and oxygen atoms in total. The third-order valence-electron chi connectivity index (χ3n) is 4.99. The van der Waals surface area contributed by atoms with Gasteiger partial charge in [-0.05, 0) is 38.2 Å². The molecule has 1 N–H and O–H groups in total. The summed E-state index contributed by atoms with van der Waals surface area (Å²) in [4.78, 5) is 8.46. The molecule has 1 saturated heterocycles. The molecule has 2 aromatic rings. The van der Waals surface area contributed by atoms with Gasteiger partial charge in [0.05, 0.1) is 17.2 Å². The van der Waals surface area contributed by atoms with Crippen LogP contribution in [-0.4, -0.2) is 48.3 Å². The van der Waals surface area contributed by atoms with Gasteiger partial charge in [0, 0.05) is 19.3 Å². The van der Waals surface area contributed by atoms with Crippen molar-refractivity contribution in [3.05, 3.63) is 59.8 Å². The Hall–Kier alpha value is -2.42. The van der Waals surface area contributed by atoms with Crippen LogP contribution < -0.4 is 4.90 Å². The molecule has 0 aliphatic carbocycles. The van der Waals surface area contributed by atoms with Crippen LogP contribution in [0.5, 0.6) is 0 Å². The van der Waals surface area contributed by atoms with E-state index in [-0.39, 0.29) is 0 Å². The van der Waals surface area contributed by atoms with Crippen LogP contribution in [0.4, 0.5) is 5.82 Å². The number of aromatic nitrogens is 1. The van der Waals surface area contributed by atoms with Crippen LogP contribution in [0, 0.1) is 11.3 Å². The minimum atomic E-state index is -0.586. The Morgan fingerprint density at radius 1 is 1.25 bits per heavy atom. The van der Waals surface area contributed by atoms with E-state index in [9.17, 15) is 10.4 Å². The van der Waals surface area contributed by atoms with Gasteiger partial charge in [0.25, 0.3) is 0 Å². The predicted octanol–water partition coefficient (Wildman–Crippen LogP) is 1.98. The Morgan fingerprint density at radius 2 is 2.00 bits per heavy atom. The highest BCUT2D eigenvalue weighted by Gasteiger charge is 2.45. The molecule has 0 saturated carbocycles. The lowest BCUT2D eigenvalue weighted by atomic mass is 9.77. The second-order valence-corrected chi connectivity index (χ2v) is 6.38.